The Kier molecular flexibility index (Phi) is 4.34. The summed E-state index contributed by atoms with van der Waals surface area (Å²) in [4.78, 5) is 3.52. The number of benzene rings is 1. The molecule has 0 saturated carbocycles. The first-order valence-corrected chi connectivity index (χ1v) is 8.08. The third-order valence-electron chi connectivity index (χ3n) is 3.76. The normalized spacial score (nSPS) is 11.8. The molecule has 28 heavy (non-hydrogen) atoms. The lowest BCUT2D eigenvalue weighted by molar-refractivity contribution is -0.137. The summed E-state index contributed by atoms with van der Waals surface area (Å²) in [5, 5.41) is 11.4. The van der Waals surface area contributed by atoms with Crippen LogP contribution in [0.4, 0.5) is 17.6 Å². The van der Waals surface area contributed by atoms with E-state index in [9.17, 15) is 17.6 Å². The molecule has 0 N–H and O–H groups in total. The zero-order valence-corrected chi connectivity index (χ0v) is 14.4. The third kappa shape index (κ3) is 3.46. The number of fused-ring (bicyclic) bond motifs is 1. The molecule has 0 spiro atoms. The van der Waals surface area contributed by atoms with Crippen molar-refractivity contribution in [3.8, 4) is 22.8 Å². The lowest BCUT2D eigenvalue weighted by Crippen LogP contribution is -2.05. The minimum absolute atomic E-state index is 0.0348. The van der Waals surface area contributed by atoms with Gasteiger partial charge in [0, 0.05) is 23.4 Å². The first-order valence-electron chi connectivity index (χ1n) is 7.70. The van der Waals surface area contributed by atoms with E-state index in [1.165, 1.54) is 35.0 Å². The number of aromatic nitrogens is 5. The van der Waals surface area contributed by atoms with Gasteiger partial charge >= 0.3 is 6.18 Å². The van der Waals surface area contributed by atoms with Crippen molar-refractivity contribution >= 4 is 17.2 Å². The van der Waals surface area contributed by atoms with Gasteiger partial charge in [-0.3, -0.25) is 0 Å². The van der Waals surface area contributed by atoms with Gasteiger partial charge in [-0.15, -0.1) is 15.3 Å². The van der Waals surface area contributed by atoms with E-state index in [0.29, 0.717) is 11.2 Å². The Balaban J connectivity index is 1.81. The molecular formula is C17H8ClF4N5O. The summed E-state index contributed by atoms with van der Waals surface area (Å²) in [6.07, 6.45) is -3.38. The van der Waals surface area contributed by atoms with Crippen molar-refractivity contribution < 1.29 is 22.3 Å². The molecule has 0 amide bonds. The van der Waals surface area contributed by atoms with Crippen molar-refractivity contribution in [1.82, 2.24) is 24.8 Å². The summed E-state index contributed by atoms with van der Waals surface area (Å²) in [6, 6.07) is 8.33. The van der Waals surface area contributed by atoms with E-state index in [0.717, 1.165) is 18.2 Å². The molecule has 3 aromatic heterocycles. The Morgan fingerprint density at radius 1 is 1.00 bits per heavy atom. The highest BCUT2D eigenvalue weighted by molar-refractivity contribution is 6.28. The van der Waals surface area contributed by atoms with Gasteiger partial charge in [0.25, 0.3) is 0 Å². The zero-order valence-electron chi connectivity index (χ0n) is 13.7. The smallest absolute Gasteiger partial charge is 0.416 e. The monoisotopic (exact) mass is 409 g/mol. The molecule has 0 fully saturated rings. The second-order valence-electron chi connectivity index (χ2n) is 5.59. The standard InChI is InChI=1S/C17H8ClF4N5O/c18-16-25-24-14-5-6-15(26-27(14)16)28-12-7-10(17(20,21)22)2-3-11(12)9-1-4-13(19)23-8-9/h1-8H. The lowest BCUT2D eigenvalue weighted by Gasteiger charge is -2.14. The van der Waals surface area contributed by atoms with Crippen LogP contribution in [-0.2, 0) is 6.18 Å². The van der Waals surface area contributed by atoms with Gasteiger partial charge in [0.05, 0.1) is 5.56 Å². The van der Waals surface area contributed by atoms with E-state index in [1.807, 2.05) is 0 Å². The molecule has 4 rings (SSSR count). The van der Waals surface area contributed by atoms with Crippen LogP contribution in [0.3, 0.4) is 0 Å². The molecule has 3 heterocycles. The molecule has 0 aliphatic rings. The Hall–Kier alpha value is -3.27. The molecule has 6 nitrogen and oxygen atoms in total. The van der Waals surface area contributed by atoms with Crippen molar-refractivity contribution in [3.63, 3.8) is 0 Å². The molecule has 0 unspecified atom stereocenters. The molecule has 1 aromatic carbocycles. The topological polar surface area (TPSA) is 65.2 Å². The van der Waals surface area contributed by atoms with E-state index >= 15 is 0 Å². The summed E-state index contributed by atoms with van der Waals surface area (Å²) in [7, 11) is 0. The van der Waals surface area contributed by atoms with Crippen LogP contribution < -0.4 is 4.74 Å². The molecule has 0 atom stereocenters. The maximum Gasteiger partial charge on any atom is 0.416 e. The molecular weight excluding hydrogens is 402 g/mol. The fourth-order valence-electron chi connectivity index (χ4n) is 2.47. The van der Waals surface area contributed by atoms with Gasteiger partial charge in [0.2, 0.25) is 17.1 Å². The summed E-state index contributed by atoms with van der Waals surface area (Å²) in [6.45, 7) is 0. The fraction of sp³-hybridized carbons (Fsp3) is 0.0588. The highest BCUT2D eigenvalue weighted by atomic mass is 35.5. The number of rotatable bonds is 3. The predicted molar refractivity (Wildman–Crippen MR) is 90.5 cm³/mol. The maximum absolute atomic E-state index is 13.1. The van der Waals surface area contributed by atoms with Crippen LogP contribution >= 0.6 is 11.6 Å². The van der Waals surface area contributed by atoms with E-state index < -0.39 is 17.7 Å². The second-order valence-corrected chi connectivity index (χ2v) is 5.93. The lowest BCUT2D eigenvalue weighted by atomic mass is 10.0. The number of hydrogen-bond donors (Lipinski definition) is 0. The van der Waals surface area contributed by atoms with Gasteiger partial charge in [-0.05, 0) is 48.0 Å². The number of pyridine rings is 1. The first kappa shape index (κ1) is 18.1. The van der Waals surface area contributed by atoms with Gasteiger partial charge in [0.1, 0.15) is 5.75 Å². The maximum atomic E-state index is 13.1. The zero-order chi connectivity index (χ0) is 19.9. The molecule has 4 aromatic rings. The number of ether oxygens (including phenoxy) is 1. The molecule has 0 aliphatic carbocycles. The molecule has 0 aliphatic heterocycles. The second kappa shape index (κ2) is 6.71. The molecule has 0 radical (unpaired) electrons. The number of halogens is 5. The number of hydrogen-bond acceptors (Lipinski definition) is 5. The number of alkyl halides is 3. The molecule has 11 heteroatoms. The van der Waals surface area contributed by atoms with Gasteiger partial charge < -0.3 is 4.74 Å². The van der Waals surface area contributed by atoms with Crippen molar-refractivity contribution in [3.05, 3.63) is 65.5 Å². The summed E-state index contributed by atoms with van der Waals surface area (Å²) < 4.78 is 59.3. The highest BCUT2D eigenvalue weighted by Gasteiger charge is 2.31. The van der Waals surface area contributed by atoms with Crippen LogP contribution in [0.1, 0.15) is 5.56 Å². The van der Waals surface area contributed by atoms with E-state index in [2.05, 4.69) is 20.3 Å². The van der Waals surface area contributed by atoms with Crippen LogP contribution in [0.2, 0.25) is 5.28 Å². The van der Waals surface area contributed by atoms with Crippen LogP contribution in [0.25, 0.3) is 16.8 Å². The quantitative estimate of drug-likeness (QED) is 0.359. The van der Waals surface area contributed by atoms with Crippen molar-refractivity contribution in [2.75, 3.05) is 0 Å². The average molecular weight is 410 g/mol. The fourth-order valence-corrected chi connectivity index (χ4v) is 2.63. The minimum atomic E-state index is -4.58. The van der Waals surface area contributed by atoms with Crippen LogP contribution in [0.15, 0.2) is 48.7 Å². The minimum Gasteiger partial charge on any atom is -0.437 e. The van der Waals surface area contributed by atoms with Crippen molar-refractivity contribution in [2.24, 2.45) is 0 Å². The van der Waals surface area contributed by atoms with Gasteiger partial charge in [0.15, 0.2) is 5.65 Å². The Morgan fingerprint density at radius 2 is 1.82 bits per heavy atom. The van der Waals surface area contributed by atoms with Gasteiger partial charge in [-0.1, -0.05) is 0 Å². The summed E-state index contributed by atoms with van der Waals surface area (Å²) in [5.74, 6) is -0.892. The molecule has 0 saturated heterocycles. The van der Waals surface area contributed by atoms with Crippen LogP contribution in [0, 0.1) is 5.95 Å². The number of nitrogens with zero attached hydrogens (tertiary/aromatic N) is 5. The first-order chi connectivity index (χ1) is 13.3. The van der Waals surface area contributed by atoms with Gasteiger partial charge in [-0.25, -0.2) is 4.98 Å². The Morgan fingerprint density at radius 3 is 2.54 bits per heavy atom. The summed E-state index contributed by atoms with van der Waals surface area (Å²) >= 11 is 5.85. The third-order valence-corrected chi connectivity index (χ3v) is 4.00. The average Bonchev–Trinajstić information content (AvgIpc) is 3.02. The Labute approximate surface area is 159 Å². The van der Waals surface area contributed by atoms with E-state index in [1.54, 1.807) is 0 Å². The van der Waals surface area contributed by atoms with Crippen molar-refractivity contribution in [2.45, 2.75) is 6.18 Å². The Bertz CT molecular complexity index is 1160. The summed E-state index contributed by atoms with van der Waals surface area (Å²) in [5.41, 5.74) is 0.0693. The SMILES string of the molecule is Fc1ccc(-c2ccc(C(F)(F)F)cc2Oc2ccc3nnc(Cl)n3n2)cn1. The van der Waals surface area contributed by atoms with Crippen LogP contribution in [-0.4, -0.2) is 24.8 Å². The highest BCUT2D eigenvalue weighted by Crippen LogP contribution is 2.38. The van der Waals surface area contributed by atoms with E-state index in [-0.39, 0.29) is 22.5 Å². The molecule has 142 valence electrons. The largest absolute Gasteiger partial charge is 0.437 e. The van der Waals surface area contributed by atoms with Crippen LogP contribution in [0.5, 0.6) is 11.6 Å². The van der Waals surface area contributed by atoms with Crippen molar-refractivity contribution in [1.29, 1.82) is 0 Å². The molecule has 0 bridgehead atoms. The predicted octanol–water partition coefficient (Wildman–Crippen LogP) is 4.79. The van der Waals surface area contributed by atoms with E-state index in [4.69, 9.17) is 16.3 Å². The van der Waals surface area contributed by atoms with Gasteiger partial charge in [-0.2, -0.15) is 22.1 Å².